The molecule has 94 valence electrons. The van der Waals surface area contributed by atoms with E-state index in [2.05, 4.69) is 4.98 Å². The fourth-order valence-corrected chi connectivity index (χ4v) is 1.79. The first-order valence-electron chi connectivity index (χ1n) is 5.68. The van der Waals surface area contributed by atoms with Crippen molar-refractivity contribution in [2.75, 3.05) is 11.9 Å². The maximum Gasteiger partial charge on any atom is 0.171 e. The Kier molecular flexibility index (Phi) is 3.58. The van der Waals surface area contributed by atoms with Gasteiger partial charge < -0.3 is 10.0 Å². The van der Waals surface area contributed by atoms with Crippen molar-refractivity contribution in [1.29, 1.82) is 0 Å². The van der Waals surface area contributed by atoms with Crippen LogP contribution in [0.2, 0.25) is 0 Å². The maximum absolute atomic E-state index is 14.0. The second-order valence-corrected chi connectivity index (χ2v) is 4.16. The summed E-state index contributed by atoms with van der Waals surface area (Å²) in [6.45, 7) is 1.65. The second kappa shape index (κ2) is 5.14. The van der Waals surface area contributed by atoms with Crippen LogP contribution >= 0.6 is 0 Å². The molecule has 0 spiro atoms. The van der Waals surface area contributed by atoms with Crippen LogP contribution in [0.1, 0.15) is 11.1 Å². The molecule has 0 aliphatic rings. The van der Waals surface area contributed by atoms with E-state index >= 15 is 0 Å². The highest BCUT2D eigenvalue weighted by atomic mass is 19.1. The molecular formula is C14H15FN2O. The Morgan fingerprint density at radius 3 is 2.78 bits per heavy atom. The van der Waals surface area contributed by atoms with E-state index in [4.69, 9.17) is 5.11 Å². The smallest absolute Gasteiger partial charge is 0.171 e. The van der Waals surface area contributed by atoms with Gasteiger partial charge in [0.25, 0.3) is 0 Å². The van der Waals surface area contributed by atoms with Crippen LogP contribution in [0.4, 0.5) is 15.9 Å². The highest BCUT2D eigenvalue weighted by Gasteiger charge is 2.14. The molecule has 0 saturated heterocycles. The van der Waals surface area contributed by atoms with Gasteiger partial charge in [0.15, 0.2) is 11.6 Å². The summed E-state index contributed by atoms with van der Waals surface area (Å²) >= 11 is 0. The van der Waals surface area contributed by atoms with E-state index in [1.165, 1.54) is 12.3 Å². The van der Waals surface area contributed by atoms with Gasteiger partial charge in [0.2, 0.25) is 0 Å². The topological polar surface area (TPSA) is 36.4 Å². The van der Waals surface area contributed by atoms with Crippen LogP contribution in [-0.4, -0.2) is 17.1 Å². The number of aliphatic hydroxyl groups is 1. The van der Waals surface area contributed by atoms with Crippen molar-refractivity contribution in [1.82, 2.24) is 4.98 Å². The van der Waals surface area contributed by atoms with Crippen LogP contribution in [0, 0.1) is 12.7 Å². The summed E-state index contributed by atoms with van der Waals surface area (Å²) in [7, 11) is 1.75. The lowest BCUT2D eigenvalue weighted by Gasteiger charge is -2.20. The van der Waals surface area contributed by atoms with E-state index in [1.54, 1.807) is 11.9 Å². The van der Waals surface area contributed by atoms with Crippen LogP contribution in [0.3, 0.4) is 0 Å². The van der Waals surface area contributed by atoms with Crippen molar-refractivity contribution < 1.29 is 9.50 Å². The first-order chi connectivity index (χ1) is 8.63. The van der Waals surface area contributed by atoms with Crippen LogP contribution in [0.5, 0.6) is 0 Å². The van der Waals surface area contributed by atoms with Gasteiger partial charge in [-0.05, 0) is 30.7 Å². The van der Waals surface area contributed by atoms with Gasteiger partial charge in [-0.2, -0.15) is 0 Å². The van der Waals surface area contributed by atoms with Crippen molar-refractivity contribution in [3.05, 3.63) is 53.5 Å². The summed E-state index contributed by atoms with van der Waals surface area (Å²) in [6.07, 6.45) is 1.50. The predicted molar refractivity (Wildman–Crippen MR) is 69.4 cm³/mol. The SMILES string of the molecule is Cc1cccc(N(C)c2nccc(CO)c2F)c1. The molecule has 3 nitrogen and oxygen atoms in total. The Bertz CT molecular complexity index is 557. The molecule has 4 heteroatoms. The third kappa shape index (κ3) is 2.33. The van der Waals surface area contributed by atoms with E-state index < -0.39 is 5.82 Å². The van der Waals surface area contributed by atoms with E-state index in [0.29, 0.717) is 0 Å². The van der Waals surface area contributed by atoms with Crippen molar-refractivity contribution in [2.45, 2.75) is 13.5 Å². The Hall–Kier alpha value is -1.94. The number of pyridine rings is 1. The van der Waals surface area contributed by atoms with Crippen LogP contribution in [0.15, 0.2) is 36.5 Å². The Morgan fingerprint density at radius 1 is 1.33 bits per heavy atom. The Morgan fingerprint density at radius 2 is 2.11 bits per heavy atom. The van der Waals surface area contributed by atoms with Gasteiger partial charge >= 0.3 is 0 Å². The average molecular weight is 246 g/mol. The first-order valence-corrected chi connectivity index (χ1v) is 5.68. The van der Waals surface area contributed by atoms with Gasteiger partial charge in [-0.3, -0.25) is 0 Å². The molecule has 0 saturated carbocycles. The summed E-state index contributed by atoms with van der Waals surface area (Å²) in [5, 5.41) is 9.05. The van der Waals surface area contributed by atoms with E-state index in [-0.39, 0.29) is 18.0 Å². The molecule has 0 bridgehead atoms. The molecule has 1 N–H and O–H groups in total. The third-order valence-electron chi connectivity index (χ3n) is 2.83. The third-order valence-corrected chi connectivity index (χ3v) is 2.83. The van der Waals surface area contributed by atoms with Gasteiger partial charge in [0, 0.05) is 24.5 Å². The van der Waals surface area contributed by atoms with E-state index in [0.717, 1.165) is 11.3 Å². The molecule has 0 radical (unpaired) electrons. The molecule has 18 heavy (non-hydrogen) atoms. The Balaban J connectivity index is 2.43. The van der Waals surface area contributed by atoms with Gasteiger partial charge in [0.1, 0.15) is 0 Å². The fourth-order valence-electron chi connectivity index (χ4n) is 1.79. The van der Waals surface area contributed by atoms with Crippen molar-refractivity contribution in [2.24, 2.45) is 0 Å². The quantitative estimate of drug-likeness (QED) is 0.904. The monoisotopic (exact) mass is 246 g/mol. The predicted octanol–water partition coefficient (Wildman–Crippen LogP) is 2.79. The lowest BCUT2D eigenvalue weighted by Crippen LogP contribution is -2.14. The van der Waals surface area contributed by atoms with Gasteiger partial charge in [-0.1, -0.05) is 12.1 Å². The molecule has 0 unspecified atom stereocenters. The molecular weight excluding hydrogens is 231 g/mol. The first kappa shape index (κ1) is 12.5. The molecule has 0 atom stereocenters. The molecule has 1 heterocycles. The number of rotatable bonds is 3. The molecule has 1 aromatic carbocycles. The number of aliphatic hydroxyl groups excluding tert-OH is 1. The lowest BCUT2D eigenvalue weighted by atomic mass is 10.2. The highest BCUT2D eigenvalue weighted by Crippen LogP contribution is 2.26. The number of anilines is 2. The fraction of sp³-hybridized carbons (Fsp3) is 0.214. The van der Waals surface area contributed by atoms with Crippen molar-refractivity contribution in [3.63, 3.8) is 0 Å². The normalized spacial score (nSPS) is 10.4. The molecule has 1 aromatic heterocycles. The van der Waals surface area contributed by atoms with Crippen molar-refractivity contribution >= 4 is 11.5 Å². The summed E-state index contributed by atoms with van der Waals surface area (Å²) < 4.78 is 14.0. The van der Waals surface area contributed by atoms with Gasteiger partial charge in [-0.15, -0.1) is 0 Å². The molecule has 2 aromatic rings. The minimum atomic E-state index is -0.482. The Labute approximate surface area is 106 Å². The zero-order valence-electron chi connectivity index (χ0n) is 10.4. The lowest BCUT2D eigenvalue weighted by molar-refractivity contribution is 0.275. The zero-order chi connectivity index (χ0) is 13.1. The molecule has 0 fully saturated rings. The van der Waals surface area contributed by atoms with Gasteiger partial charge in [0.05, 0.1) is 6.61 Å². The number of hydrogen-bond acceptors (Lipinski definition) is 3. The average Bonchev–Trinajstić information content (AvgIpc) is 2.38. The summed E-state index contributed by atoms with van der Waals surface area (Å²) in [5.74, 6) is -0.267. The minimum Gasteiger partial charge on any atom is -0.392 e. The van der Waals surface area contributed by atoms with E-state index in [1.807, 2.05) is 31.2 Å². The molecule has 0 aliphatic heterocycles. The zero-order valence-corrected chi connectivity index (χ0v) is 10.4. The summed E-state index contributed by atoms with van der Waals surface area (Å²) in [6, 6.07) is 9.20. The largest absolute Gasteiger partial charge is 0.392 e. The van der Waals surface area contributed by atoms with E-state index in [9.17, 15) is 4.39 Å². The molecule has 2 rings (SSSR count). The second-order valence-electron chi connectivity index (χ2n) is 4.16. The number of benzene rings is 1. The van der Waals surface area contributed by atoms with Crippen LogP contribution < -0.4 is 4.90 Å². The number of hydrogen-bond donors (Lipinski definition) is 1. The maximum atomic E-state index is 14.0. The van der Waals surface area contributed by atoms with Crippen molar-refractivity contribution in [3.8, 4) is 0 Å². The van der Waals surface area contributed by atoms with Crippen LogP contribution in [-0.2, 0) is 6.61 Å². The molecule has 0 aliphatic carbocycles. The number of nitrogens with zero attached hydrogens (tertiary/aromatic N) is 2. The van der Waals surface area contributed by atoms with Gasteiger partial charge in [-0.25, -0.2) is 9.37 Å². The summed E-state index contributed by atoms with van der Waals surface area (Å²) in [5.41, 5.74) is 2.20. The summed E-state index contributed by atoms with van der Waals surface area (Å²) in [4.78, 5) is 5.70. The number of aromatic nitrogens is 1. The number of aryl methyl sites for hydroxylation is 1. The van der Waals surface area contributed by atoms with Crippen LogP contribution in [0.25, 0.3) is 0 Å². The standard InChI is InChI=1S/C14H15FN2O/c1-10-4-3-5-12(8-10)17(2)14-13(15)11(9-18)6-7-16-14/h3-8,18H,9H2,1-2H3. The highest BCUT2D eigenvalue weighted by molar-refractivity contribution is 5.60. The number of halogens is 1. The minimum absolute atomic E-state index is 0.215. The molecule has 0 amide bonds.